The average molecular weight is 487 g/mol. The van der Waals surface area contributed by atoms with Crippen LogP contribution < -0.4 is 0 Å². The fraction of sp³-hybridized carbons (Fsp3) is 0. The van der Waals surface area contributed by atoms with Crippen molar-refractivity contribution < 1.29 is 100 Å². The monoisotopic (exact) mass is 487 g/mol. The van der Waals surface area contributed by atoms with Crippen LogP contribution in [0.1, 0.15) is 0 Å². The second-order valence-electron chi connectivity index (χ2n) is 0.671. The molecule has 18 N–H and O–H groups in total. The normalized spacial score (nSPS) is 3.27. The van der Waals surface area contributed by atoms with Crippen LogP contribution in [0.5, 0.6) is 0 Å². The SMILES string of the molecule is O.O.O.O.O.O.O.O.O.O=[N+]([O-])[O-].O=[N+]([O-])[O-].O=[N+]([O-])[O-].[La+3]. The van der Waals surface area contributed by atoms with Gasteiger partial charge in [0.1, 0.15) is 0 Å². The minimum atomic E-state index is -1.75. The van der Waals surface area contributed by atoms with Gasteiger partial charge in [0.15, 0.2) is 0 Å². The quantitative estimate of drug-likeness (QED) is 0.231. The van der Waals surface area contributed by atoms with Crippen LogP contribution in [0.4, 0.5) is 0 Å². The minimum absolute atomic E-state index is 0. The second-order valence-corrected chi connectivity index (χ2v) is 0.671. The molecule has 0 aliphatic rings. The maximum atomic E-state index is 8.25. The third-order valence-electron chi connectivity index (χ3n) is 0. The minimum Gasteiger partial charge on any atom is -0.412 e. The van der Waals surface area contributed by atoms with Crippen LogP contribution in [0.25, 0.3) is 0 Å². The molecule has 0 aromatic rings. The molecular formula is H18LaN3O18. The van der Waals surface area contributed by atoms with Gasteiger partial charge in [-0.15, -0.1) is 0 Å². The predicted octanol–water partition coefficient (Wildman–Crippen LogP) is -8.14. The van der Waals surface area contributed by atoms with Crippen molar-refractivity contribution in [1.29, 1.82) is 0 Å². The van der Waals surface area contributed by atoms with Gasteiger partial charge in [-0.1, -0.05) is 0 Å². The molecule has 0 atom stereocenters. The molecule has 0 aromatic heterocycles. The van der Waals surface area contributed by atoms with Crippen LogP contribution in [0.2, 0.25) is 0 Å². The van der Waals surface area contributed by atoms with E-state index in [2.05, 4.69) is 0 Å². The third-order valence-corrected chi connectivity index (χ3v) is 0. The molecule has 0 aliphatic heterocycles. The topological polar surface area (TPSA) is 482 Å². The Bertz CT molecular complexity index is 116. The first kappa shape index (κ1) is 140. The van der Waals surface area contributed by atoms with E-state index in [1.54, 1.807) is 0 Å². The van der Waals surface area contributed by atoms with Crippen LogP contribution in [0.3, 0.4) is 0 Å². The summed E-state index contributed by atoms with van der Waals surface area (Å²) in [5, 5.41) is 44.2. The smallest absolute Gasteiger partial charge is 0.412 e. The van der Waals surface area contributed by atoms with Crippen molar-refractivity contribution in [3.05, 3.63) is 46.0 Å². The van der Waals surface area contributed by atoms with Gasteiger partial charge >= 0.3 is 35.6 Å². The van der Waals surface area contributed by atoms with Crippen LogP contribution in [-0.2, 0) is 0 Å². The fourth-order valence-electron chi connectivity index (χ4n) is 0. The summed E-state index contributed by atoms with van der Waals surface area (Å²) in [4.78, 5) is 24.8. The molecule has 22 heteroatoms. The van der Waals surface area contributed by atoms with Gasteiger partial charge in [0.2, 0.25) is 0 Å². The van der Waals surface area contributed by atoms with E-state index in [4.69, 9.17) is 46.0 Å². The van der Waals surface area contributed by atoms with Gasteiger partial charge in [-0.25, -0.2) is 0 Å². The Morgan fingerprint density at radius 2 is 0.364 bits per heavy atom. The molecule has 0 saturated heterocycles. The van der Waals surface area contributed by atoms with Crippen molar-refractivity contribution in [3.63, 3.8) is 0 Å². The van der Waals surface area contributed by atoms with Crippen molar-refractivity contribution >= 4 is 0 Å². The number of rotatable bonds is 0. The Morgan fingerprint density at radius 1 is 0.364 bits per heavy atom. The zero-order chi connectivity index (χ0) is 10.7. The summed E-state index contributed by atoms with van der Waals surface area (Å²) < 4.78 is 0. The summed E-state index contributed by atoms with van der Waals surface area (Å²) in [7, 11) is 0. The summed E-state index contributed by atoms with van der Waals surface area (Å²) in [6.07, 6.45) is 0. The van der Waals surface area contributed by atoms with Crippen molar-refractivity contribution in [1.82, 2.24) is 0 Å². The summed E-state index contributed by atoms with van der Waals surface area (Å²) >= 11 is 0. The first-order valence-electron chi connectivity index (χ1n) is 1.64. The maximum Gasteiger partial charge on any atom is 3.00 e. The maximum absolute atomic E-state index is 8.25. The van der Waals surface area contributed by atoms with Crippen LogP contribution >= 0.6 is 0 Å². The molecule has 144 valence electrons. The van der Waals surface area contributed by atoms with E-state index in [1.807, 2.05) is 0 Å². The molecule has 0 spiro atoms. The van der Waals surface area contributed by atoms with Crippen LogP contribution in [0, 0.1) is 81.6 Å². The van der Waals surface area contributed by atoms with E-state index in [0.717, 1.165) is 0 Å². The van der Waals surface area contributed by atoms with Gasteiger partial charge in [0.25, 0.3) is 0 Å². The van der Waals surface area contributed by atoms with Gasteiger partial charge in [-0.3, -0.25) is 0 Å². The number of hydrogen-bond donors (Lipinski definition) is 0. The van der Waals surface area contributed by atoms with E-state index < -0.39 is 15.3 Å². The molecule has 0 fully saturated rings. The predicted molar refractivity (Wildman–Crippen MR) is 63.6 cm³/mol. The summed E-state index contributed by atoms with van der Waals surface area (Å²) in [6.45, 7) is 0. The number of nitrogens with zero attached hydrogens (tertiary/aromatic N) is 3. The Morgan fingerprint density at radius 3 is 0.364 bits per heavy atom. The Hall–Kier alpha value is -1.57. The molecule has 0 radical (unpaired) electrons. The van der Waals surface area contributed by atoms with E-state index >= 15 is 0 Å². The van der Waals surface area contributed by atoms with Gasteiger partial charge in [0, 0.05) is 0 Å². The standard InChI is InChI=1S/La.3NO3.9H2O/c;3*2-1(3)4;;;;;;;;;/h;;;;9*1H2/q+3;3*-1;;;;;;;;;. The fourth-order valence-corrected chi connectivity index (χ4v) is 0. The van der Waals surface area contributed by atoms with Gasteiger partial charge < -0.3 is 95.3 Å². The zero-order valence-corrected chi connectivity index (χ0v) is 13.7. The Kier molecular flexibility index (Phi) is 758. The second kappa shape index (κ2) is 119. The summed E-state index contributed by atoms with van der Waals surface area (Å²) in [5.74, 6) is 0. The largest absolute Gasteiger partial charge is 3.00 e. The van der Waals surface area contributed by atoms with Crippen molar-refractivity contribution in [2.24, 2.45) is 0 Å². The molecule has 0 saturated carbocycles. The zero-order valence-electron chi connectivity index (χ0n) is 10.1. The van der Waals surface area contributed by atoms with Gasteiger partial charge in [0.05, 0.1) is 15.3 Å². The first-order chi connectivity index (χ1) is 5.20. The van der Waals surface area contributed by atoms with E-state index in [9.17, 15) is 0 Å². The van der Waals surface area contributed by atoms with Gasteiger partial charge in [-0.2, -0.15) is 0 Å². The molecule has 0 aromatic carbocycles. The summed E-state index contributed by atoms with van der Waals surface area (Å²) in [5.41, 5.74) is 0. The van der Waals surface area contributed by atoms with E-state index in [-0.39, 0.29) is 84.9 Å². The Labute approximate surface area is 146 Å². The molecule has 0 bridgehead atoms. The van der Waals surface area contributed by atoms with E-state index in [0.29, 0.717) is 0 Å². The van der Waals surface area contributed by atoms with Crippen molar-refractivity contribution in [2.45, 2.75) is 0 Å². The Balaban J connectivity index is -0.00000000409. The molecule has 0 unspecified atom stereocenters. The molecule has 0 rings (SSSR count). The molecule has 0 amide bonds. The molecule has 0 aliphatic carbocycles. The van der Waals surface area contributed by atoms with Crippen molar-refractivity contribution in [3.8, 4) is 0 Å². The molecular weight excluding hydrogens is 469 g/mol. The van der Waals surface area contributed by atoms with Crippen molar-refractivity contribution in [2.75, 3.05) is 0 Å². The summed E-state index contributed by atoms with van der Waals surface area (Å²) in [6, 6.07) is 0. The molecule has 0 heterocycles. The number of hydrogen-bond acceptors (Lipinski definition) is 9. The van der Waals surface area contributed by atoms with Crippen LogP contribution in [-0.4, -0.2) is 64.5 Å². The van der Waals surface area contributed by atoms with Crippen LogP contribution in [0.15, 0.2) is 0 Å². The average Bonchev–Trinajstić information content (AvgIpc) is 1.54. The van der Waals surface area contributed by atoms with E-state index in [1.165, 1.54) is 0 Å². The van der Waals surface area contributed by atoms with Gasteiger partial charge in [-0.05, 0) is 0 Å². The molecule has 22 heavy (non-hydrogen) atoms. The first-order valence-corrected chi connectivity index (χ1v) is 1.64. The molecule has 21 nitrogen and oxygen atoms in total. The third kappa shape index (κ3) is 2290.